The van der Waals surface area contributed by atoms with E-state index in [1.165, 1.54) is 6.07 Å². The van der Waals surface area contributed by atoms with Crippen LogP contribution < -0.4 is 4.74 Å². The van der Waals surface area contributed by atoms with E-state index >= 15 is 0 Å². The Morgan fingerprint density at radius 3 is 2.56 bits per heavy atom. The number of alkyl halides is 3. The molecule has 2 aromatic carbocycles. The molecule has 0 aliphatic rings. The van der Waals surface area contributed by atoms with Crippen molar-refractivity contribution >= 4 is 11.0 Å². The van der Waals surface area contributed by atoms with Gasteiger partial charge in [0.15, 0.2) is 0 Å². The van der Waals surface area contributed by atoms with E-state index < -0.39 is 11.7 Å². The Morgan fingerprint density at radius 1 is 1.15 bits per heavy atom. The zero-order valence-electron chi connectivity index (χ0n) is 15.9. The van der Waals surface area contributed by atoms with Gasteiger partial charge in [-0.2, -0.15) is 13.2 Å². The minimum atomic E-state index is -4.39. The number of benzene rings is 2. The van der Waals surface area contributed by atoms with Crippen LogP contribution in [0.3, 0.4) is 0 Å². The first-order valence-electron chi connectivity index (χ1n) is 8.99. The molecule has 1 atom stereocenters. The van der Waals surface area contributed by atoms with Crippen molar-refractivity contribution in [3.63, 3.8) is 0 Å². The SMILES string of the molecule is CCC(C)n1c(COc2cccc(C)c2C)nc2cc(C(F)(F)F)ccc21. The molecule has 0 bridgehead atoms. The lowest BCUT2D eigenvalue weighted by Gasteiger charge is -2.17. The van der Waals surface area contributed by atoms with Crippen LogP contribution in [-0.2, 0) is 12.8 Å². The van der Waals surface area contributed by atoms with Crippen LogP contribution in [0.2, 0.25) is 0 Å². The molecule has 0 saturated heterocycles. The third-order valence-electron chi connectivity index (χ3n) is 5.03. The van der Waals surface area contributed by atoms with Crippen LogP contribution in [0.25, 0.3) is 11.0 Å². The predicted octanol–water partition coefficient (Wildman–Crippen LogP) is 6.22. The second-order valence-corrected chi connectivity index (χ2v) is 6.84. The molecule has 6 heteroatoms. The van der Waals surface area contributed by atoms with E-state index in [1.54, 1.807) is 0 Å². The Labute approximate surface area is 156 Å². The predicted molar refractivity (Wildman–Crippen MR) is 100.0 cm³/mol. The Balaban J connectivity index is 2.01. The van der Waals surface area contributed by atoms with Gasteiger partial charge >= 0.3 is 6.18 Å². The first-order valence-corrected chi connectivity index (χ1v) is 8.99. The van der Waals surface area contributed by atoms with Crippen molar-refractivity contribution in [3.8, 4) is 5.75 Å². The van der Waals surface area contributed by atoms with Gasteiger partial charge in [-0.3, -0.25) is 0 Å². The number of imidazole rings is 1. The molecule has 3 nitrogen and oxygen atoms in total. The molecule has 0 amide bonds. The highest BCUT2D eigenvalue weighted by Crippen LogP contribution is 2.33. The Morgan fingerprint density at radius 2 is 1.89 bits per heavy atom. The van der Waals surface area contributed by atoms with Crippen molar-refractivity contribution in [3.05, 3.63) is 58.9 Å². The fourth-order valence-electron chi connectivity index (χ4n) is 3.12. The lowest BCUT2D eigenvalue weighted by atomic mass is 10.1. The minimum Gasteiger partial charge on any atom is -0.485 e. The molecule has 0 fully saturated rings. The number of ether oxygens (including phenoxy) is 1. The standard InChI is InChI=1S/C21H23F3N2O/c1-5-14(3)26-18-10-9-16(21(22,23)24)11-17(18)25-20(26)12-27-19-8-6-7-13(2)15(19)4/h6-11,14H,5,12H2,1-4H3. The van der Waals surface area contributed by atoms with Gasteiger partial charge in [-0.25, -0.2) is 4.98 Å². The van der Waals surface area contributed by atoms with Gasteiger partial charge in [-0.15, -0.1) is 0 Å². The molecule has 0 saturated carbocycles. The van der Waals surface area contributed by atoms with Crippen LogP contribution >= 0.6 is 0 Å². The summed E-state index contributed by atoms with van der Waals surface area (Å²) < 4.78 is 47.1. The quantitative estimate of drug-likeness (QED) is 0.528. The van der Waals surface area contributed by atoms with Gasteiger partial charge in [0.1, 0.15) is 18.2 Å². The zero-order chi connectivity index (χ0) is 19.8. The number of fused-ring (bicyclic) bond motifs is 1. The van der Waals surface area contributed by atoms with E-state index in [4.69, 9.17) is 4.74 Å². The smallest absolute Gasteiger partial charge is 0.416 e. The highest BCUT2D eigenvalue weighted by molar-refractivity contribution is 5.77. The topological polar surface area (TPSA) is 27.1 Å². The van der Waals surface area contributed by atoms with E-state index in [-0.39, 0.29) is 12.6 Å². The summed E-state index contributed by atoms with van der Waals surface area (Å²) in [7, 11) is 0. The molecule has 0 radical (unpaired) electrons. The number of halogens is 3. The van der Waals surface area contributed by atoms with Gasteiger partial charge in [0.25, 0.3) is 0 Å². The maximum Gasteiger partial charge on any atom is 0.416 e. The van der Waals surface area contributed by atoms with Crippen molar-refractivity contribution in [1.82, 2.24) is 9.55 Å². The summed E-state index contributed by atoms with van der Waals surface area (Å²) in [5, 5.41) is 0. The van der Waals surface area contributed by atoms with E-state index in [2.05, 4.69) is 4.98 Å². The Bertz CT molecular complexity index is 960. The van der Waals surface area contributed by atoms with E-state index in [9.17, 15) is 13.2 Å². The number of aromatic nitrogens is 2. The van der Waals surface area contributed by atoms with Gasteiger partial charge < -0.3 is 9.30 Å². The average molecular weight is 376 g/mol. The minimum absolute atomic E-state index is 0.101. The molecule has 0 spiro atoms. The highest BCUT2D eigenvalue weighted by atomic mass is 19.4. The fourth-order valence-corrected chi connectivity index (χ4v) is 3.12. The summed E-state index contributed by atoms with van der Waals surface area (Å²) in [6.07, 6.45) is -3.55. The van der Waals surface area contributed by atoms with Crippen molar-refractivity contribution in [2.24, 2.45) is 0 Å². The maximum absolute atomic E-state index is 13.0. The van der Waals surface area contributed by atoms with Crippen LogP contribution in [0, 0.1) is 13.8 Å². The molecule has 0 aliphatic carbocycles. The first kappa shape index (κ1) is 19.3. The van der Waals surface area contributed by atoms with Gasteiger partial charge in [-0.05, 0) is 62.6 Å². The lowest BCUT2D eigenvalue weighted by Crippen LogP contribution is -2.11. The monoisotopic (exact) mass is 376 g/mol. The molecule has 1 unspecified atom stereocenters. The van der Waals surface area contributed by atoms with E-state index in [1.807, 2.05) is 50.5 Å². The van der Waals surface area contributed by atoms with E-state index in [0.717, 1.165) is 35.4 Å². The van der Waals surface area contributed by atoms with Crippen LogP contribution in [0.15, 0.2) is 36.4 Å². The van der Waals surface area contributed by atoms with Crippen LogP contribution in [0.4, 0.5) is 13.2 Å². The van der Waals surface area contributed by atoms with Gasteiger partial charge in [0.2, 0.25) is 0 Å². The largest absolute Gasteiger partial charge is 0.485 e. The Hall–Kier alpha value is -2.50. The first-order chi connectivity index (χ1) is 12.7. The number of nitrogens with zero attached hydrogens (tertiary/aromatic N) is 2. The molecule has 0 aliphatic heterocycles. The van der Waals surface area contributed by atoms with Crippen LogP contribution in [0.1, 0.15) is 48.8 Å². The number of rotatable bonds is 5. The molecular weight excluding hydrogens is 353 g/mol. The van der Waals surface area contributed by atoms with Gasteiger partial charge in [0, 0.05) is 6.04 Å². The summed E-state index contributed by atoms with van der Waals surface area (Å²) >= 11 is 0. The third kappa shape index (κ3) is 3.80. The molecule has 1 aromatic heterocycles. The van der Waals surface area contributed by atoms with Gasteiger partial charge in [0.05, 0.1) is 16.6 Å². The summed E-state index contributed by atoms with van der Waals surface area (Å²) in [5.41, 5.74) is 2.51. The molecule has 1 heterocycles. The summed E-state index contributed by atoms with van der Waals surface area (Å²) in [6, 6.07) is 9.64. The van der Waals surface area contributed by atoms with Crippen molar-refractivity contribution in [1.29, 1.82) is 0 Å². The number of hydrogen-bond donors (Lipinski definition) is 0. The zero-order valence-corrected chi connectivity index (χ0v) is 15.9. The Kier molecular flexibility index (Phi) is 5.18. The molecule has 3 rings (SSSR count). The third-order valence-corrected chi connectivity index (χ3v) is 5.03. The highest BCUT2D eigenvalue weighted by Gasteiger charge is 2.31. The molecular formula is C21H23F3N2O. The van der Waals surface area contributed by atoms with E-state index in [0.29, 0.717) is 16.9 Å². The molecule has 0 N–H and O–H groups in total. The normalized spacial score (nSPS) is 13.1. The maximum atomic E-state index is 13.0. The second kappa shape index (κ2) is 7.25. The lowest BCUT2D eigenvalue weighted by molar-refractivity contribution is -0.137. The molecule has 3 aromatic rings. The van der Waals surface area contributed by atoms with Crippen LogP contribution in [-0.4, -0.2) is 9.55 Å². The number of aryl methyl sites for hydroxylation is 1. The summed E-state index contributed by atoms with van der Waals surface area (Å²) in [4.78, 5) is 4.46. The second-order valence-electron chi connectivity index (χ2n) is 6.84. The average Bonchev–Trinajstić information content (AvgIpc) is 2.99. The summed E-state index contributed by atoms with van der Waals surface area (Å²) in [5.74, 6) is 1.38. The fraction of sp³-hybridized carbons (Fsp3) is 0.381. The molecule has 27 heavy (non-hydrogen) atoms. The van der Waals surface area contributed by atoms with Crippen molar-refractivity contribution in [2.45, 2.75) is 52.9 Å². The van der Waals surface area contributed by atoms with Crippen LogP contribution in [0.5, 0.6) is 5.75 Å². The van der Waals surface area contributed by atoms with Gasteiger partial charge in [-0.1, -0.05) is 19.1 Å². The molecule has 144 valence electrons. The number of hydrogen-bond acceptors (Lipinski definition) is 2. The summed E-state index contributed by atoms with van der Waals surface area (Å²) in [6.45, 7) is 8.26. The van der Waals surface area contributed by atoms with Crippen molar-refractivity contribution in [2.75, 3.05) is 0 Å². The van der Waals surface area contributed by atoms with Crippen molar-refractivity contribution < 1.29 is 17.9 Å².